The van der Waals surface area contributed by atoms with Crippen LogP contribution in [0.1, 0.15) is 5.56 Å². The maximum absolute atomic E-state index is 11.6. The zero-order valence-corrected chi connectivity index (χ0v) is 15.0. The van der Waals surface area contributed by atoms with Gasteiger partial charge in [-0.3, -0.25) is 0 Å². The predicted molar refractivity (Wildman–Crippen MR) is 96.9 cm³/mol. The van der Waals surface area contributed by atoms with Gasteiger partial charge in [0.15, 0.2) is 15.6 Å². The molecule has 0 saturated carbocycles. The number of hydrogen-bond acceptors (Lipinski definition) is 6. The lowest BCUT2D eigenvalue weighted by atomic mass is 10.1. The molecule has 1 aliphatic rings. The van der Waals surface area contributed by atoms with E-state index >= 15 is 0 Å². The van der Waals surface area contributed by atoms with Crippen molar-refractivity contribution in [1.29, 1.82) is 0 Å². The molecule has 3 rings (SSSR count). The van der Waals surface area contributed by atoms with Crippen LogP contribution in [0.3, 0.4) is 0 Å². The van der Waals surface area contributed by atoms with Crippen LogP contribution >= 0.6 is 11.6 Å². The molecule has 2 aromatic rings. The highest BCUT2D eigenvalue weighted by molar-refractivity contribution is 7.90. The first-order chi connectivity index (χ1) is 11.7. The number of sulfone groups is 1. The lowest BCUT2D eigenvalue weighted by molar-refractivity contribution is 0.00794. The second-order valence-electron chi connectivity index (χ2n) is 5.94. The number of β-amino-alcohol motifs (C(OH)–C–C–N with tert-alkyl or cyclic N) is 1. The van der Waals surface area contributed by atoms with Crippen LogP contribution in [0.2, 0.25) is 5.02 Å². The van der Waals surface area contributed by atoms with Gasteiger partial charge in [-0.2, -0.15) is 0 Å². The van der Waals surface area contributed by atoms with Crippen LogP contribution in [-0.4, -0.2) is 49.6 Å². The zero-order chi connectivity index (χ0) is 18.2. The fourth-order valence-corrected chi connectivity index (χ4v) is 3.37. The minimum Gasteiger partial charge on any atom is -0.391 e. The Bertz CT molecular complexity index is 911. The Morgan fingerprint density at radius 3 is 2.28 bits per heavy atom. The molecule has 1 atom stereocenters. The third kappa shape index (κ3) is 3.69. The minimum atomic E-state index is -3.30. The number of aliphatic hydroxyl groups excluding tert-OH is 1. The van der Waals surface area contributed by atoms with Crippen LogP contribution in [0.4, 0.5) is 5.69 Å². The molecule has 0 fully saturated rings. The number of benzene rings is 2. The molecule has 1 heterocycles. The maximum atomic E-state index is 11.6. The van der Waals surface area contributed by atoms with Crippen LogP contribution < -0.4 is 4.90 Å². The van der Waals surface area contributed by atoms with E-state index in [2.05, 4.69) is 4.99 Å². The van der Waals surface area contributed by atoms with Crippen molar-refractivity contribution in [2.24, 2.45) is 4.99 Å². The van der Waals surface area contributed by atoms with Gasteiger partial charge in [-0.25, -0.2) is 13.4 Å². The van der Waals surface area contributed by atoms with Crippen LogP contribution in [0, 0.1) is 0 Å². The first-order valence-electron chi connectivity index (χ1n) is 7.49. The second kappa shape index (κ2) is 6.42. The van der Waals surface area contributed by atoms with Gasteiger partial charge in [0.1, 0.15) is 5.84 Å². The summed E-state index contributed by atoms with van der Waals surface area (Å²) in [7, 11) is -3.30. The van der Waals surface area contributed by atoms with Gasteiger partial charge < -0.3 is 15.1 Å². The molecular weight excluding hydrogens is 364 g/mol. The summed E-state index contributed by atoms with van der Waals surface area (Å²) in [5.74, 6) is 0.443. The largest absolute Gasteiger partial charge is 0.391 e. The topological polar surface area (TPSA) is 90.2 Å². The zero-order valence-electron chi connectivity index (χ0n) is 13.4. The molecule has 0 saturated heterocycles. The predicted octanol–water partition coefficient (Wildman–Crippen LogP) is 1.69. The quantitative estimate of drug-likeness (QED) is 0.842. The average molecular weight is 381 g/mol. The number of nitrogens with zero attached hydrogens (tertiary/aromatic N) is 2. The van der Waals surface area contributed by atoms with Crippen LogP contribution in [-0.2, 0) is 9.84 Å². The standard InChI is InChI=1S/C17H17ClN2O4S/c1-25(23,24)15-8-2-12(3-9-15)16-19-17(22,11-21)10-20(16)14-6-4-13(18)5-7-14/h2-9,21-22H,10-11H2,1H3. The number of anilines is 1. The van der Waals surface area contributed by atoms with Crippen LogP contribution in [0.15, 0.2) is 58.4 Å². The van der Waals surface area contributed by atoms with Crippen molar-refractivity contribution in [3.63, 3.8) is 0 Å². The van der Waals surface area contributed by atoms with E-state index in [0.717, 1.165) is 11.9 Å². The van der Waals surface area contributed by atoms with E-state index in [1.54, 1.807) is 41.3 Å². The number of aliphatic imine (C=N–C) groups is 1. The number of aliphatic hydroxyl groups is 2. The lowest BCUT2D eigenvalue weighted by Gasteiger charge is -2.23. The van der Waals surface area contributed by atoms with Gasteiger partial charge in [0.25, 0.3) is 0 Å². The lowest BCUT2D eigenvalue weighted by Crippen LogP contribution is -2.38. The van der Waals surface area contributed by atoms with E-state index < -0.39 is 22.2 Å². The Kier molecular flexibility index (Phi) is 4.59. The third-order valence-electron chi connectivity index (χ3n) is 3.91. The fraction of sp³-hybridized carbons (Fsp3) is 0.235. The first-order valence-corrected chi connectivity index (χ1v) is 9.75. The van der Waals surface area contributed by atoms with E-state index in [4.69, 9.17) is 11.6 Å². The summed E-state index contributed by atoms with van der Waals surface area (Å²) in [6.07, 6.45) is 1.14. The molecule has 25 heavy (non-hydrogen) atoms. The molecule has 2 aromatic carbocycles. The average Bonchev–Trinajstić information content (AvgIpc) is 2.94. The third-order valence-corrected chi connectivity index (χ3v) is 5.29. The molecule has 1 unspecified atom stereocenters. The van der Waals surface area contributed by atoms with Gasteiger partial charge in [-0.05, 0) is 48.5 Å². The summed E-state index contributed by atoms with van der Waals surface area (Å²) >= 11 is 5.92. The molecule has 0 spiro atoms. The molecule has 0 aliphatic carbocycles. The second-order valence-corrected chi connectivity index (χ2v) is 8.39. The molecule has 132 valence electrons. The Hall–Kier alpha value is -1.93. The Morgan fingerprint density at radius 1 is 1.16 bits per heavy atom. The summed E-state index contributed by atoms with van der Waals surface area (Å²) in [4.78, 5) is 6.20. The highest BCUT2D eigenvalue weighted by Crippen LogP contribution is 2.29. The Morgan fingerprint density at radius 2 is 1.76 bits per heavy atom. The SMILES string of the molecule is CS(=O)(=O)c1ccc(C2=NC(O)(CO)CN2c2ccc(Cl)cc2)cc1. The van der Waals surface area contributed by atoms with E-state index in [0.29, 0.717) is 16.4 Å². The molecule has 0 amide bonds. The van der Waals surface area contributed by atoms with Crippen molar-refractivity contribution in [3.8, 4) is 0 Å². The summed E-state index contributed by atoms with van der Waals surface area (Å²) in [6.45, 7) is -0.448. The Labute approximate surface area is 150 Å². The van der Waals surface area contributed by atoms with Crippen molar-refractivity contribution in [2.45, 2.75) is 10.6 Å². The number of rotatable bonds is 4. The van der Waals surface area contributed by atoms with Crippen molar-refractivity contribution in [1.82, 2.24) is 0 Å². The molecule has 1 aliphatic heterocycles. The molecule has 8 heteroatoms. The minimum absolute atomic E-state index is 0.0777. The number of halogens is 1. The maximum Gasteiger partial charge on any atom is 0.199 e. The molecule has 0 radical (unpaired) electrons. The van der Waals surface area contributed by atoms with E-state index in [9.17, 15) is 18.6 Å². The van der Waals surface area contributed by atoms with Crippen LogP contribution in [0.25, 0.3) is 0 Å². The number of amidine groups is 1. The summed E-state index contributed by atoms with van der Waals surface area (Å²) in [5.41, 5.74) is -0.240. The molecule has 0 aromatic heterocycles. The molecule has 6 nitrogen and oxygen atoms in total. The van der Waals surface area contributed by atoms with Crippen LogP contribution in [0.5, 0.6) is 0 Å². The smallest absolute Gasteiger partial charge is 0.199 e. The molecule has 0 bridgehead atoms. The monoisotopic (exact) mass is 380 g/mol. The van der Waals surface area contributed by atoms with Gasteiger partial charge in [0, 0.05) is 22.5 Å². The first kappa shape index (κ1) is 17.9. The fourth-order valence-electron chi connectivity index (χ4n) is 2.61. The van der Waals surface area contributed by atoms with Crippen molar-refractivity contribution in [3.05, 3.63) is 59.1 Å². The van der Waals surface area contributed by atoms with Gasteiger partial charge in [-0.1, -0.05) is 11.6 Å². The highest BCUT2D eigenvalue weighted by Gasteiger charge is 2.38. The summed E-state index contributed by atoms with van der Waals surface area (Å²) in [5, 5.41) is 20.4. The van der Waals surface area contributed by atoms with Gasteiger partial charge >= 0.3 is 0 Å². The Balaban J connectivity index is 2.03. The molecular formula is C17H17ClN2O4S. The van der Waals surface area contributed by atoms with Gasteiger partial charge in [0.05, 0.1) is 18.0 Å². The van der Waals surface area contributed by atoms with Crippen molar-refractivity contribution < 1.29 is 18.6 Å². The highest BCUT2D eigenvalue weighted by atomic mass is 35.5. The van der Waals surface area contributed by atoms with E-state index in [1.165, 1.54) is 12.1 Å². The normalized spacial score (nSPS) is 20.6. The summed E-state index contributed by atoms with van der Waals surface area (Å²) < 4.78 is 23.2. The van der Waals surface area contributed by atoms with Gasteiger partial charge in [0.2, 0.25) is 0 Å². The summed E-state index contributed by atoms with van der Waals surface area (Å²) in [6, 6.07) is 13.2. The molecule has 2 N–H and O–H groups in total. The van der Waals surface area contributed by atoms with E-state index in [-0.39, 0.29) is 11.4 Å². The number of hydrogen-bond donors (Lipinski definition) is 2. The van der Waals surface area contributed by atoms with Crippen molar-refractivity contribution >= 4 is 33.0 Å². The van der Waals surface area contributed by atoms with E-state index in [1.807, 2.05) is 0 Å². The van der Waals surface area contributed by atoms with Crippen molar-refractivity contribution in [2.75, 3.05) is 24.3 Å². The van der Waals surface area contributed by atoms with Gasteiger partial charge in [-0.15, -0.1) is 0 Å².